The van der Waals surface area contributed by atoms with E-state index in [0.29, 0.717) is 16.6 Å². The van der Waals surface area contributed by atoms with Crippen LogP contribution >= 0.6 is 28.3 Å². The number of nitrogens with zero attached hydrogens (tertiary/aromatic N) is 2. The van der Waals surface area contributed by atoms with Gasteiger partial charge in [-0.3, -0.25) is 4.40 Å². The highest BCUT2D eigenvalue weighted by molar-refractivity contribution is 8.93. The summed E-state index contributed by atoms with van der Waals surface area (Å²) in [4.78, 5) is 17.2. The summed E-state index contributed by atoms with van der Waals surface area (Å²) >= 11 is 1.48. The molecule has 1 aromatic carbocycles. The zero-order valence-corrected chi connectivity index (χ0v) is 13.0. The van der Waals surface area contributed by atoms with Gasteiger partial charge in [0, 0.05) is 29.2 Å². The van der Waals surface area contributed by atoms with Gasteiger partial charge in [-0.15, -0.1) is 28.3 Å². The highest BCUT2D eigenvalue weighted by atomic mass is 79.9. The Kier molecular flexibility index (Phi) is 3.38. The highest BCUT2D eigenvalue weighted by Crippen LogP contribution is 2.22. The SMILES string of the molecule is Br.O=c1oc2cc(F)ccc2cc1-c1cn2ccsc2n1. The van der Waals surface area contributed by atoms with Crippen molar-refractivity contribution in [2.75, 3.05) is 0 Å². The number of thiazole rings is 1. The fourth-order valence-electron chi connectivity index (χ4n) is 2.12. The Morgan fingerprint density at radius 2 is 2.14 bits per heavy atom. The van der Waals surface area contributed by atoms with E-state index in [1.54, 1.807) is 18.3 Å². The Labute approximate surface area is 132 Å². The van der Waals surface area contributed by atoms with Gasteiger partial charge in [0.2, 0.25) is 0 Å². The molecule has 0 bridgehead atoms. The topological polar surface area (TPSA) is 47.5 Å². The monoisotopic (exact) mass is 366 g/mol. The van der Waals surface area contributed by atoms with Crippen molar-refractivity contribution in [3.63, 3.8) is 0 Å². The van der Waals surface area contributed by atoms with Gasteiger partial charge in [-0.2, -0.15) is 0 Å². The molecule has 3 aromatic heterocycles. The van der Waals surface area contributed by atoms with Crippen LogP contribution in [-0.4, -0.2) is 9.38 Å². The Balaban J connectivity index is 0.00000132. The maximum atomic E-state index is 13.1. The van der Waals surface area contributed by atoms with Gasteiger partial charge in [0.15, 0.2) is 4.96 Å². The Bertz CT molecular complexity index is 976. The summed E-state index contributed by atoms with van der Waals surface area (Å²) in [6.45, 7) is 0. The lowest BCUT2D eigenvalue weighted by molar-refractivity contribution is 0.556. The molecule has 4 rings (SSSR count). The predicted molar refractivity (Wildman–Crippen MR) is 84.8 cm³/mol. The molecule has 0 aliphatic heterocycles. The van der Waals surface area contributed by atoms with Gasteiger partial charge in [0.25, 0.3) is 0 Å². The van der Waals surface area contributed by atoms with Crippen LogP contribution in [0.15, 0.2) is 51.3 Å². The molecule has 21 heavy (non-hydrogen) atoms. The van der Waals surface area contributed by atoms with E-state index in [2.05, 4.69) is 4.98 Å². The van der Waals surface area contributed by atoms with Gasteiger partial charge >= 0.3 is 5.63 Å². The van der Waals surface area contributed by atoms with Crippen LogP contribution in [0.5, 0.6) is 0 Å². The van der Waals surface area contributed by atoms with Crippen LogP contribution in [0.1, 0.15) is 0 Å². The summed E-state index contributed by atoms with van der Waals surface area (Å²) in [5.74, 6) is -0.434. The summed E-state index contributed by atoms with van der Waals surface area (Å²) in [6, 6.07) is 5.78. The Morgan fingerprint density at radius 3 is 2.95 bits per heavy atom. The van der Waals surface area contributed by atoms with Crippen molar-refractivity contribution in [2.24, 2.45) is 0 Å². The molecule has 4 nitrogen and oxygen atoms in total. The van der Waals surface area contributed by atoms with Crippen LogP contribution in [0, 0.1) is 5.82 Å². The number of aromatic nitrogens is 2. The average Bonchev–Trinajstić information content (AvgIpc) is 2.98. The van der Waals surface area contributed by atoms with Crippen LogP contribution < -0.4 is 5.63 Å². The first-order valence-electron chi connectivity index (χ1n) is 5.87. The van der Waals surface area contributed by atoms with Gasteiger partial charge in [-0.25, -0.2) is 14.2 Å². The molecule has 106 valence electrons. The van der Waals surface area contributed by atoms with Gasteiger partial charge < -0.3 is 4.42 Å². The standard InChI is InChI=1S/C14H7FN2O2S.BrH/c15-9-2-1-8-5-10(13(18)19-12(8)6-9)11-7-17-3-4-20-14(17)16-11;/h1-7H;1H. The number of imidazole rings is 1. The molecule has 0 unspecified atom stereocenters. The minimum atomic E-state index is -0.520. The number of halogens is 2. The molecule has 0 aliphatic rings. The molecule has 0 spiro atoms. The van der Waals surface area contributed by atoms with E-state index in [9.17, 15) is 9.18 Å². The van der Waals surface area contributed by atoms with E-state index >= 15 is 0 Å². The zero-order chi connectivity index (χ0) is 13.7. The van der Waals surface area contributed by atoms with Crippen LogP contribution in [0.25, 0.3) is 27.2 Å². The first-order chi connectivity index (χ1) is 9.70. The van der Waals surface area contributed by atoms with Crippen molar-refractivity contribution in [3.8, 4) is 11.3 Å². The maximum absolute atomic E-state index is 13.1. The second-order valence-corrected chi connectivity index (χ2v) is 5.22. The van der Waals surface area contributed by atoms with Crippen LogP contribution in [0.4, 0.5) is 4.39 Å². The van der Waals surface area contributed by atoms with Crippen molar-refractivity contribution >= 4 is 44.2 Å². The van der Waals surface area contributed by atoms with Crippen molar-refractivity contribution in [2.45, 2.75) is 0 Å². The summed E-state index contributed by atoms with van der Waals surface area (Å²) in [6.07, 6.45) is 3.64. The van der Waals surface area contributed by atoms with Crippen molar-refractivity contribution in [3.05, 3.63) is 58.3 Å². The minimum Gasteiger partial charge on any atom is -0.422 e. The molecule has 0 atom stereocenters. The van der Waals surface area contributed by atoms with Crippen LogP contribution in [0.2, 0.25) is 0 Å². The Hall–Kier alpha value is -1.99. The summed E-state index contributed by atoms with van der Waals surface area (Å²) < 4.78 is 20.1. The fraction of sp³-hybridized carbons (Fsp3) is 0. The fourth-order valence-corrected chi connectivity index (χ4v) is 2.82. The lowest BCUT2D eigenvalue weighted by Crippen LogP contribution is -2.02. The van der Waals surface area contributed by atoms with Gasteiger partial charge in [-0.1, -0.05) is 0 Å². The van der Waals surface area contributed by atoms with Crippen LogP contribution in [0.3, 0.4) is 0 Å². The molecule has 0 saturated carbocycles. The summed E-state index contributed by atoms with van der Waals surface area (Å²) in [7, 11) is 0. The van der Waals surface area contributed by atoms with E-state index in [-0.39, 0.29) is 22.6 Å². The molecule has 4 aromatic rings. The number of fused-ring (bicyclic) bond motifs is 2. The quantitative estimate of drug-likeness (QED) is 0.480. The van der Waals surface area contributed by atoms with Gasteiger partial charge in [0.1, 0.15) is 11.4 Å². The number of rotatable bonds is 1. The minimum absolute atomic E-state index is 0. The number of hydrogen-bond acceptors (Lipinski definition) is 4. The third kappa shape index (κ3) is 2.28. The first-order valence-corrected chi connectivity index (χ1v) is 6.75. The first kappa shape index (κ1) is 14.0. The lowest BCUT2D eigenvalue weighted by Gasteiger charge is -1.99. The van der Waals surface area contributed by atoms with E-state index in [0.717, 1.165) is 4.96 Å². The smallest absolute Gasteiger partial charge is 0.345 e. The van der Waals surface area contributed by atoms with Crippen LogP contribution in [-0.2, 0) is 0 Å². The van der Waals surface area contributed by atoms with Crippen molar-refractivity contribution < 1.29 is 8.81 Å². The molecule has 0 N–H and O–H groups in total. The molecular formula is C14H8BrFN2O2S. The van der Waals surface area contributed by atoms with E-state index in [1.807, 2.05) is 16.0 Å². The predicted octanol–water partition coefficient (Wildman–Crippen LogP) is 3.89. The third-order valence-corrected chi connectivity index (χ3v) is 3.84. The molecular weight excluding hydrogens is 359 g/mol. The Morgan fingerprint density at radius 1 is 1.29 bits per heavy atom. The van der Waals surface area contributed by atoms with Crippen molar-refractivity contribution in [1.82, 2.24) is 9.38 Å². The molecule has 0 aliphatic carbocycles. The normalized spacial score (nSPS) is 10.9. The summed E-state index contributed by atoms with van der Waals surface area (Å²) in [5.41, 5.74) is 0.644. The van der Waals surface area contributed by atoms with Gasteiger partial charge in [-0.05, 0) is 18.2 Å². The second-order valence-electron chi connectivity index (χ2n) is 4.35. The van der Waals surface area contributed by atoms with E-state index in [4.69, 9.17) is 4.42 Å². The molecule has 0 amide bonds. The summed E-state index contributed by atoms with van der Waals surface area (Å²) in [5, 5.41) is 2.58. The van der Waals surface area contributed by atoms with E-state index < -0.39 is 11.4 Å². The van der Waals surface area contributed by atoms with Crippen molar-refractivity contribution in [1.29, 1.82) is 0 Å². The number of benzene rings is 1. The second kappa shape index (κ2) is 5.09. The maximum Gasteiger partial charge on any atom is 0.345 e. The highest BCUT2D eigenvalue weighted by Gasteiger charge is 2.12. The molecule has 0 radical (unpaired) electrons. The zero-order valence-electron chi connectivity index (χ0n) is 10.4. The molecule has 7 heteroatoms. The average molecular weight is 367 g/mol. The molecule has 0 fully saturated rings. The lowest BCUT2D eigenvalue weighted by atomic mass is 10.1. The number of hydrogen-bond donors (Lipinski definition) is 0. The molecule has 3 heterocycles. The third-order valence-electron chi connectivity index (χ3n) is 3.07. The van der Waals surface area contributed by atoms with Gasteiger partial charge in [0.05, 0.1) is 11.3 Å². The largest absolute Gasteiger partial charge is 0.422 e. The van der Waals surface area contributed by atoms with E-state index in [1.165, 1.54) is 23.5 Å². The molecule has 0 saturated heterocycles.